The summed E-state index contributed by atoms with van der Waals surface area (Å²) in [5.41, 5.74) is -0.468. The molecule has 1 rings (SSSR count). The van der Waals surface area contributed by atoms with Gasteiger partial charge in [0.05, 0.1) is 13.2 Å². The molecule has 0 unspecified atom stereocenters. The van der Waals surface area contributed by atoms with E-state index < -0.39 is 11.7 Å². The number of hydrogen-bond donors (Lipinski definition) is 1. The van der Waals surface area contributed by atoms with E-state index in [1.165, 1.54) is 0 Å². The number of ether oxygens (including phenoxy) is 3. The normalized spacial score (nSPS) is 16.9. The van der Waals surface area contributed by atoms with Crippen molar-refractivity contribution in [2.75, 3.05) is 13.2 Å². The second-order valence-corrected chi connectivity index (χ2v) is 5.86. The van der Waals surface area contributed by atoms with Gasteiger partial charge in [0.15, 0.2) is 6.29 Å². The molecular formula is C16H27NO4. The van der Waals surface area contributed by atoms with E-state index >= 15 is 0 Å². The van der Waals surface area contributed by atoms with Crippen molar-refractivity contribution in [1.29, 1.82) is 0 Å². The molecule has 0 aromatic carbocycles. The second-order valence-electron chi connectivity index (χ2n) is 5.86. The average Bonchev–Trinajstić information content (AvgIpc) is 2.87. The molecule has 0 saturated carbocycles. The molecule has 0 aromatic heterocycles. The minimum absolute atomic E-state index is 0.00340. The van der Waals surface area contributed by atoms with Crippen LogP contribution in [0.1, 0.15) is 46.5 Å². The van der Waals surface area contributed by atoms with Crippen molar-refractivity contribution >= 4 is 6.09 Å². The molecule has 120 valence electrons. The predicted molar refractivity (Wildman–Crippen MR) is 81.8 cm³/mol. The molecule has 1 saturated heterocycles. The average molecular weight is 297 g/mol. The van der Waals surface area contributed by atoms with E-state index in [0.717, 1.165) is 38.9 Å². The maximum absolute atomic E-state index is 11.3. The molecule has 1 aliphatic rings. The smallest absolute Gasteiger partial charge is 0.411 e. The van der Waals surface area contributed by atoms with E-state index in [9.17, 15) is 4.79 Å². The van der Waals surface area contributed by atoms with Gasteiger partial charge < -0.3 is 14.2 Å². The van der Waals surface area contributed by atoms with Crippen LogP contribution in [-0.2, 0) is 14.2 Å². The zero-order valence-electron chi connectivity index (χ0n) is 13.3. The number of alkyl carbamates (subject to hydrolysis) is 1. The molecule has 0 atom stereocenters. The Kier molecular flexibility index (Phi) is 8.08. The van der Waals surface area contributed by atoms with E-state index in [1.54, 1.807) is 6.20 Å². The van der Waals surface area contributed by atoms with Crippen LogP contribution in [0.5, 0.6) is 0 Å². The van der Waals surface area contributed by atoms with Crippen LogP contribution in [0.3, 0.4) is 0 Å². The summed E-state index contributed by atoms with van der Waals surface area (Å²) in [6.07, 6.45) is 11.1. The predicted octanol–water partition coefficient (Wildman–Crippen LogP) is 3.51. The summed E-state index contributed by atoms with van der Waals surface area (Å²) in [7, 11) is 0. The highest BCUT2D eigenvalue weighted by molar-refractivity contribution is 5.68. The number of carbonyl (C=O) groups is 1. The first-order valence-corrected chi connectivity index (χ1v) is 7.50. The van der Waals surface area contributed by atoms with E-state index in [1.807, 2.05) is 26.8 Å². The molecule has 5 heteroatoms. The lowest BCUT2D eigenvalue weighted by atomic mass is 10.2. The van der Waals surface area contributed by atoms with Crippen LogP contribution in [0.4, 0.5) is 4.79 Å². The Hall–Kier alpha value is -1.33. The van der Waals surface area contributed by atoms with Crippen molar-refractivity contribution in [3.63, 3.8) is 0 Å². The first-order valence-electron chi connectivity index (χ1n) is 7.50. The van der Waals surface area contributed by atoms with E-state index in [2.05, 4.69) is 17.5 Å². The third-order valence-electron chi connectivity index (χ3n) is 2.66. The lowest BCUT2D eigenvalue weighted by Gasteiger charge is -2.18. The number of rotatable bonds is 7. The van der Waals surface area contributed by atoms with Crippen molar-refractivity contribution in [3.05, 3.63) is 24.4 Å². The van der Waals surface area contributed by atoms with Crippen molar-refractivity contribution in [2.45, 2.75) is 58.3 Å². The fraction of sp³-hybridized carbons (Fsp3) is 0.688. The summed E-state index contributed by atoms with van der Waals surface area (Å²) in [6, 6.07) is 0. The lowest BCUT2D eigenvalue weighted by molar-refractivity contribution is -0.0474. The third kappa shape index (κ3) is 10.1. The topological polar surface area (TPSA) is 56.8 Å². The summed E-state index contributed by atoms with van der Waals surface area (Å²) in [5.74, 6) is 0. The summed E-state index contributed by atoms with van der Waals surface area (Å²) >= 11 is 0. The van der Waals surface area contributed by atoms with Gasteiger partial charge in [0.2, 0.25) is 0 Å². The molecule has 0 aromatic rings. The second kappa shape index (κ2) is 9.58. The van der Waals surface area contributed by atoms with Gasteiger partial charge >= 0.3 is 6.09 Å². The van der Waals surface area contributed by atoms with Gasteiger partial charge in [-0.25, -0.2) is 4.79 Å². The lowest BCUT2D eigenvalue weighted by Crippen LogP contribution is -2.29. The Balaban J connectivity index is 1.98. The summed E-state index contributed by atoms with van der Waals surface area (Å²) < 4.78 is 15.8. The summed E-state index contributed by atoms with van der Waals surface area (Å²) in [4.78, 5) is 11.3. The van der Waals surface area contributed by atoms with Gasteiger partial charge in [0.1, 0.15) is 5.60 Å². The van der Waals surface area contributed by atoms with Gasteiger partial charge in [-0.3, -0.25) is 5.32 Å². The number of nitrogens with one attached hydrogen (secondary N) is 1. The molecule has 1 N–H and O–H groups in total. The molecule has 1 amide bonds. The maximum Gasteiger partial charge on any atom is 0.411 e. The molecule has 0 bridgehead atoms. The van der Waals surface area contributed by atoms with Crippen molar-refractivity contribution in [2.24, 2.45) is 0 Å². The first-order chi connectivity index (χ1) is 9.97. The Morgan fingerprint density at radius 2 is 1.95 bits per heavy atom. The van der Waals surface area contributed by atoms with Gasteiger partial charge in [-0.1, -0.05) is 18.2 Å². The highest BCUT2D eigenvalue weighted by Crippen LogP contribution is 2.11. The van der Waals surface area contributed by atoms with Crippen LogP contribution in [0.2, 0.25) is 0 Å². The van der Waals surface area contributed by atoms with Gasteiger partial charge in [0, 0.05) is 6.20 Å². The SMILES string of the molecule is CC(C)(C)OC(=O)N/C=C/C/C=C/CCCC1OCCO1. The van der Waals surface area contributed by atoms with Crippen LogP contribution < -0.4 is 5.32 Å². The number of unbranched alkanes of at least 4 members (excludes halogenated alkanes) is 1. The monoisotopic (exact) mass is 297 g/mol. The molecule has 0 spiro atoms. The van der Waals surface area contributed by atoms with Gasteiger partial charge in [-0.05, 0) is 46.5 Å². The summed E-state index contributed by atoms with van der Waals surface area (Å²) in [5, 5.41) is 2.57. The fourth-order valence-corrected chi connectivity index (χ4v) is 1.77. The molecule has 1 fully saturated rings. The zero-order chi connectivity index (χ0) is 15.6. The number of allylic oxidation sites excluding steroid dienone is 3. The highest BCUT2D eigenvalue weighted by Gasteiger charge is 2.15. The minimum Gasteiger partial charge on any atom is -0.444 e. The highest BCUT2D eigenvalue weighted by atomic mass is 16.7. The number of carbonyl (C=O) groups excluding carboxylic acids is 1. The van der Waals surface area contributed by atoms with Crippen LogP contribution >= 0.6 is 0 Å². The maximum atomic E-state index is 11.3. The standard InChI is InChI=1S/C16H27NO4/c1-16(2,3)21-15(18)17-11-9-7-5-4-6-8-10-14-19-12-13-20-14/h4-5,9,11,14H,6-8,10,12-13H2,1-3H3,(H,17,18)/b5-4+,11-9+. The molecular weight excluding hydrogens is 270 g/mol. The Morgan fingerprint density at radius 3 is 2.62 bits per heavy atom. The first kappa shape index (κ1) is 17.7. The molecule has 0 radical (unpaired) electrons. The van der Waals surface area contributed by atoms with Crippen LogP contribution in [0, 0.1) is 0 Å². The number of amides is 1. The van der Waals surface area contributed by atoms with Crippen molar-refractivity contribution < 1.29 is 19.0 Å². The van der Waals surface area contributed by atoms with E-state index in [4.69, 9.17) is 14.2 Å². The molecule has 0 aliphatic carbocycles. The minimum atomic E-state index is -0.468. The van der Waals surface area contributed by atoms with Gasteiger partial charge in [-0.15, -0.1) is 0 Å². The largest absolute Gasteiger partial charge is 0.444 e. The Morgan fingerprint density at radius 1 is 1.24 bits per heavy atom. The van der Waals surface area contributed by atoms with Crippen LogP contribution in [0.25, 0.3) is 0 Å². The fourth-order valence-electron chi connectivity index (χ4n) is 1.77. The van der Waals surface area contributed by atoms with E-state index in [0.29, 0.717) is 0 Å². The van der Waals surface area contributed by atoms with Crippen molar-refractivity contribution in [1.82, 2.24) is 5.32 Å². The van der Waals surface area contributed by atoms with E-state index in [-0.39, 0.29) is 6.29 Å². The Labute approximate surface area is 127 Å². The van der Waals surface area contributed by atoms with Crippen LogP contribution in [-0.4, -0.2) is 31.2 Å². The number of hydrogen-bond acceptors (Lipinski definition) is 4. The molecule has 21 heavy (non-hydrogen) atoms. The molecule has 1 aliphatic heterocycles. The zero-order valence-corrected chi connectivity index (χ0v) is 13.3. The van der Waals surface area contributed by atoms with Gasteiger partial charge in [0.25, 0.3) is 0 Å². The third-order valence-corrected chi connectivity index (χ3v) is 2.66. The Bertz CT molecular complexity index is 352. The van der Waals surface area contributed by atoms with Crippen LogP contribution in [0.15, 0.2) is 24.4 Å². The van der Waals surface area contributed by atoms with Crippen molar-refractivity contribution in [3.8, 4) is 0 Å². The summed E-state index contributed by atoms with van der Waals surface area (Å²) in [6.45, 7) is 6.94. The molecule has 5 nitrogen and oxygen atoms in total. The quantitative estimate of drug-likeness (QED) is 0.577. The molecule has 1 heterocycles. The van der Waals surface area contributed by atoms with Gasteiger partial charge in [-0.2, -0.15) is 0 Å².